The monoisotopic (exact) mass is 1140 g/mol. The maximum absolute atomic E-state index is 12.5. The molecule has 0 heterocycles. The number of ether oxygens (including phenoxy) is 1. The summed E-state index contributed by atoms with van der Waals surface area (Å²) < 4.78 is 5.51. The molecule has 0 saturated heterocycles. The van der Waals surface area contributed by atoms with Gasteiger partial charge in [-0.25, -0.2) is 0 Å². The molecule has 482 valence electrons. The molecule has 0 saturated carbocycles. The van der Waals surface area contributed by atoms with Gasteiger partial charge in [0.2, 0.25) is 5.91 Å². The Morgan fingerprint density at radius 2 is 0.568 bits per heavy atom. The summed E-state index contributed by atoms with van der Waals surface area (Å²) in [4.78, 5) is 24.6. The third-order valence-corrected chi connectivity index (χ3v) is 17.8. The summed E-state index contributed by atoms with van der Waals surface area (Å²) in [6, 6.07) is -0.622. The van der Waals surface area contributed by atoms with Gasteiger partial charge in [0.1, 0.15) is 0 Å². The second-order valence-corrected chi connectivity index (χ2v) is 26.0. The smallest absolute Gasteiger partial charge is 0.305 e. The van der Waals surface area contributed by atoms with Gasteiger partial charge in [-0.3, -0.25) is 9.59 Å². The van der Waals surface area contributed by atoms with Crippen LogP contribution in [0.25, 0.3) is 0 Å². The molecule has 3 N–H and O–H groups in total. The summed E-state index contributed by atoms with van der Waals surface area (Å²) in [5.74, 6) is -0.0337. The van der Waals surface area contributed by atoms with E-state index in [4.69, 9.17) is 4.74 Å². The zero-order valence-electron chi connectivity index (χ0n) is 55.3. The molecule has 81 heavy (non-hydrogen) atoms. The minimum absolute atomic E-state index is 0.0262. The summed E-state index contributed by atoms with van der Waals surface area (Å²) in [6.07, 6.45) is 89.0. The Balaban J connectivity index is 3.30. The van der Waals surface area contributed by atoms with Gasteiger partial charge in [0.25, 0.3) is 0 Å². The van der Waals surface area contributed by atoms with Crippen LogP contribution in [0.15, 0.2) is 12.2 Å². The first-order chi connectivity index (χ1) is 40.0. The van der Waals surface area contributed by atoms with Crippen molar-refractivity contribution >= 4 is 11.9 Å². The number of carbonyl (C=O) groups is 2. The predicted octanol–water partition coefficient (Wildman–Crippen LogP) is 24.3. The number of carbonyl (C=O) groups excluding carboxylic acids is 2. The molecule has 0 radical (unpaired) electrons. The van der Waals surface area contributed by atoms with Gasteiger partial charge in [0.15, 0.2) is 0 Å². The standard InChI is InChI=1S/C75H147NO5/c1-3-5-7-9-11-13-15-17-40-45-49-53-57-61-65-69-75(80)81-70-66-62-58-54-50-46-42-39-37-35-33-31-29-27-25-23-21-19-20-22-24-26-28-30-32-34-36-38-41-44-48-52-56-60-64-68-74(79)76-72(71-77)73(78)67-63-59-55-51-47-43-18-16-14-12-10-8-6-4-2/h63,67,72-73,77-78H,3-62,64-66,68-71H2,1-2H3,(H,76,79)/b67-63+. The maximum Gasteiger partial charge on any atom is 0.305 e. The fourth-order valence-electron chi connectivity index (χ4n) is 12.1. The lowest BCUT2D eigenvalue weighted by atomic mass is 10.0. The van der Waals surface area contributed by atoms with Crippen molar-refractivity contribution in [2.24, 2.45) is 0 Å². The fraction of sp³-hybridized carbons (Fsp3) is 0.947. The van der Waals surface area contributed by atoms with E-state index in [1.807, 2.05) is 6.08 Å². The van der Waals surface area contributed by atoms with Crippen LogP contribution in [0.3, 0.4) is 0 Å². The number of hydrogen-bond donors (Lipinski definition) is 3. The summed E-state index contributed by atoms with van der Waals surface area (Å²) in [5.41, 5.74) is 0. The summed E-state index contributed by atoms with van der Waals surface area (Å²) >= 11 is 0. The van der Waals surface area contributed by atoms with Gasteiger partial charge >= 0.3 is 5.97 Å². The summed E-state index contributed by atoms with van der Waals surface area (Å²) in [7, 11) is 0. The molecule has 0 rings (SSSR count). The van der Waals surface area contributed by atoms with E-state index in [9.17, 15) is 19.8 Å². The van der Waals surface area contributed by atoms with Crippen LogP contribution in [0.4, 0.5) is 0 Å². The van der Waals surface area contributed by atoms with E-state index in [0.717, 1.165) is 38.5 Å². The highest BCUT2D eigenvalue weighted by molar-refractivity contribution is 5.76. The van der Waals surface area contributed by atoms with E-state index in [2.05, 4.69) is 19.2 Å². The van der Waals surface area contributed by atoms with E-state index in [-0.39, 0.29) is 18.5 Å². The molecule has 0 bridgehead atoms. The SMILES string of the molecule is CCCCCCCCCCCCCC/C=C/C(O)C(CO)NC(=O)CCCCCCCCCCCCCCCCCCCCCCCCCCCCCCCCCCCCCOC(=O)CCCCCCCCCCCCCCCCC. The van der Waals surface area contributed by atoms with Gasteiger partial charge in [-0.1, -0.05) is 398 Å². The van der Waals surface area contributed by atoms with E-state index < -0.39 is 12.1 Å². The predicted molar refractivity (Wildman–Crippen MR) is 357 cm³/mol. The van der Waals surface area contributed by atoms with Crippen LogP contribution < -0.4 is 5.32 Å². The van der Waals surface area contributed by atoms with E-state index in [1.165, 1.54) is 366 Å². The number of amides is 1. The highest BCUT2D eigenvalue weighted by atomic mass is 16.5. The van der Waals surface area contributed by atoms with E-state index in [1.54, 1.807) is 6.08 Å². The number of esters is 1. The molecule has 6 nitrogen and oxygen atoms in total. The first-order valence-corrected chi connectivity index (χ1v) is 37.5. The number of aliphatic hydroxyl groups is 2. The Labute approximate surface area is 508 Å². The number of hydrogen-bond acceptors (Lipinski definition) is 5. The Bertz CT molecular complexity index is 1220. The van der Waals surface area contributed by atoms with Crippen LogP contribution >= 0.6 is 0 Å². The molecule has 0 aromatic heterocycles. The molecule has 2 unspecified atom stereocenters. The molecular formula is C75H147NO5. The lowest BCUT2D eigenvalue weighted by Gasteiger charge is -2.20. The van der Waals surface area contributed by atoms with Crippen molar-refractivity contribution in [2.45, 2.75) is 443 Å². The van der Waals surface area contributed by atoms with Crippen molar-refractivity contribution in [3.63, 3.8) is 0 Å². The third-order valence-electron chi connectivity index (χ3n) is 17.8. The van der Waals surface area contributed by atoms with Crippen LogP contribution in [0, 0.1) is 0 Å². The van der Waals surface area contributed by atoms with Gasteiger partial charge in [0.05, 0.1) is 25.4 Å². The Morgan fingerprint density at radius 1 is 0.333 bits per heavy atom. The minimum atomic E-state index is -0.839. The fourth-order valence-corrected chi connectivity index (χ4v) is 12.1. The van der Waals surface area contributed by atoms with Crippen LogP contribution in [0.2, 0.25) is 0 Å². The van der Waals surface area contributed by atoms with Gasteiger partial charge in [0, 0.05) is 12.8 Å². The molecular weight excluding hydrogens is 995 g/mol. The highest BCUT2D eigenvalue weighted by Crippen LogP contribution is 2.20. The van der Waals surface area contributed by atoms with Crippen molar-refractivity contribution in [1.29, 1.82) is 0 Å². The maximum atomic E-state index is 12.5. The molecule has 2 atom stereocenters. The van der Waals surface area contributed by atoms with E-state index >= 15 is 0 Å². The average Bonchev–Trinajstić information content (AvgIpc) is 3.47. The number of allylic oxidation sites excluding steroid dienone is 1. The third kappa shape index (κ3) is 67.6. The lowest BCUT2D eigenvalue weighted by molar-refractivity contribution is -0.143. The Morgan fingerprint density at radius 3 is 0.840 bits per heavy atom. The molecule has 0 aliphatic rings. The zero-order chi connectivity index (χ0) is 58.5. The molecule has 6 heteroatoms. The number of unbranched alkanes of at least 4 members (excludes halogenated alkanes) is 60. The average molecular weight is 1140 g/mol. The number of nitrogens with one attached hydrogen (secondary N) is 1. The normalized spacial score (nSPS) is 12.5. The number of rotatable bonds is 71. The first-order valence-electron chi connectivity index (χ1n) is 37.5. The quantitative estimate of drug-likeness (QED) is 0.0320. The van der Waals surface area contributed by atoms with Crippen molar-refractivity contribution in [2.75, 3.05) is 13.2 Å². The minimum Gasteiger partial charge on any atom is -0.466 e. The van der Waals surface area contributed by atoms with Crippen molar-refractivity contribution in [3.05, 3.63) is 12.2 Å². The van der Waals surface area contributed by atoms with Gasteiger partial charge in [-0.05, 0) is 32.1 Å². The van der Waals surface area contributed by atoms with Crippen LogP contribution in [-0.2, 0) is 14.3 Å². The molecule has 0 aromatic rings. The van der Waals surface area contributed by atoms with Gasteiger partial charge in [-0.2, -0.15) is 0 Å². The molecule has 0 aliphatic heterocycles. The topological polar surface area (TPSA) is 95.9 Å². The zero-order valence-corrected chi connectivity index (χ0v) is 55.3. The largest absolute Gasteiger partial charge is 0.466 e. The van der Waals surface area contributed by atoms with Gasteiger partial charge in [-0.15, -0.1) is 0 Å². The van der Waals surface area contributed by atoms with Crippen LogP contribution in [0.1, 0.15) is 431 Å². The second kappa shape index (κ2) is 71.1. The van der Waals surface area contributed by atoms with Gasteiger partial charge < -0.3 is 20.3 Å². The molecule has 0 fully saturated rings. The Kier molecular flexibility index (Phi) is 69.9. The summed E-state index contributed by atoms with van der Waals surface area (Å²) in [5, 5.41) is 23.2. The molecule has 0 spiro atoms. The molecule has 0 aliphatic carbocycles. The molecule has 0 aromatic carbocycles. The first kappa shape index (κ1) is 79.6. The van der Waals surface area contributed by atoms with E-state index in [0.29, 0.717) is 19.4 Å². The highest BCUT2D eigenvalue weighted by Gasteiger charge is 2.18. The van der Waals surface area contributed by atoms with Crippen molar-refractivity contribution < 1.29 is 24.5 Å². The van der Waals surface area contributed by atoms with Crippen LogP contribution in [0.5, 0.6) is 0 Å². The Hall–Kier alpha value is -1.40. The van der Waals surface area contributed by atoms with Crippen LogP contribution in [-0.4, -0.2) is 47.4 Å². The van der Waals surface area contributed by atoms with Crippen molar-refractivity contribution in [1.82, 2.24) is 5.32 Å². The summed E-state index contributed by atoms with van der Waals surface area (Å²) in [6.45, 7) is 4.95. The van der Waals surface area contributed by atoms with Crippen molar-refractivity contribution in [3.8, 4) is 0 Å². The number of aliphatic hydroxyl groups excluding tert-OH is 2. The second-order valence-electron chi connectivity index (χ2n) is 26.0. The molecule has 1 amide bonds. The lowest BCUT2D eigenvalue weighted by Crippen LogP contribution is -2.45.